The van der Waals surface area contributed by atoms with Crippen LogP contribution >= 0.6 is 0 Å². The molecule has 2 aromatic rings. The highest BCUT2D eigenvalue weighted by atomic mass is 32.2. The Kier molecular flexibility index (Phi) is 5.29. The van der Waals surface area contributed by atoms with Gasteiger partial charge in [0.15, 0.2) is 0 Å². The Morgan fingerprint density at radius 3 is 2.56 bits per heavy atom. The number of aromatic nitrogens is 2. The topological polar surface area (TPSA) is 75.2 Å². The van der Waals surface area contributed by atoms with E-state index in [4.69, 9.17) is 0 Å². The van der Waals surface area contributed by atoms with Crippen LogP contribution in [0.4, 0.5) is 10.2 Å². The van der Waals surface area contributed by atoms with Gasteiger partial charge in [-0.15, -0.1) is 0 Å². The maximum Gasteiger partial charge on any atom is 0.244 e. The van der Waals surface area contributed by atoms with E-state index in [1.54, 1.807) is 18.3 Å². The highest BCUT2D eigenvalue weighted by molar-refractivity contribution is 7.89. The molecular formula is C17H21FN4O2S. The van der Waals surface area contributed by atoms with E-state index in [0.29, 0.717) is 24.5 Å². The maximum absolute atomic E-state index is 13.2. The third-order valence-electron chi connectivity index (χ3n) is 4.28. The number of pyridine rings is 2. The number of hydrogen-bond acceptors (Lipinski definition) is 5. The number of sulfonamides is 1. The number of nitrogens with one attached hydrogen (secondary N) is 1. The Bertz CT molecular complexity index is 821. The fourth-order valence-corrected chi connectivity index (χ4v) is 4.31. The van der Waals surface area contributed by atoms with Crippen LogP contribution in [0.15, 0.2) is 41.7 Å². The molecule has 1 atom stereocenters. The molecule has 1 aliphatic heterocycles. The molecule has 1 aliphatic rings. The lowest BCUT2D eigenvalue weighted by Gasteiger charge is -2.25. The van der Waals surface area contributed by atoms with Crippen LogP contribution in [0.5, 0.6) is 0 Å². The van der Waals surface area contributed by atoms with E-state index in [-0.39, 0.29) is 10.9 Å². The average Bonchev–Trinajstić information content (AvgIpc) is 2.63. The highest BCUT2D eigenvalue weighted by Gasteiger charge is 2.26. The number of nitrogens with zero attached hydrogens (tertiary/aromatic N) is 3. The van der Waals surface area contributed by atoms with Gasteiger partial charge in [0.25, 0.3) is 0 Å². The number of piperidine rings is 1. The second kappa shape index (κ2) is 7.45. The lowest BCUT2D eigenvalue weighted by atomic mass is 10.1. The van der Waals surface area contributed by atoms with Crippen LogP contribution in [0.2, 0.25) is 0 Å². The molecule has 0 bridgehead atoms. The Labute approximate surface area is 147 Å². The quantitative estimate of drug-likeness (QED) is 0.883. The largest absolute Gasteiger partial charge is 0.363 e. The standard InChI is InChI=1S/C17H21FN4O2S/c1-13(14-9-15(18)11-19-10-14)21-17-6-5-16(12-20-17)25(23,24)22-7-3-2-4-8-22/h5-6,9-13H,2-4,7-8H2,1H3,(H,20,21). The first-order valence-electron chi connectivity index (χ1n) is 8.30. The van der Waals surface area contributed by atoms with Crippen molar-refractivity contribution in [2.45, 2.75) is 37.1 Å². The van der Waals surface area contributed by atoms with Gasteiger partial charge in [-0.3, -0.25) is 4.98 Å². The average molecular weight is 364 g/mol. The molecular weight excluding hydrogens is 343 g/mol. The Morgan fingerprint density at radius 1 is 1.16 bits per heavy atom. The van der Waals surface area contributed by atoms with Gasteiger partial charge in [-0.1, -0.05) is 6.42 Å². The van der Waals surface area contributed by atoms with Crippen LogP contribution in [0.1, 0.15) is 37.8 Å². The van der Waals surface area contributed by atoms with Crippen molar-refractivity contribution in [1.29, 1.82) is 0 Å². The summed E-state index contributed by atoms with van der Waals surface area (Å²) in [6.45, 7) is 2.98. The maximum atomic E-state index is 13.2. The van der Waals surface area contributed by atoms with E-state index < -0.39 is 15.8 Å². The van der Waals surface area contributed by atoms with Crippen molar-refractivity contribution in [2.24, 2.45) is 0 Å². The molecule has 0 amide bonds. The molecule has 0 spiro atoms. The fraction of sp³-hybridized carbons (Fsp3) is 0.412. The molecule has 0 radical (unpaired) electrons. The van der Waals surface area contributed by atoms with Gasteiger partial charge in [-0.25, -0.2) is 17.8 Å². The predicted molar refractivity (Wildman–Crippen MR) is 93.1 cm³/mol. The Morgan fingerprint density at radius 2 is 1.92 bits per heavy atom. The van der Waals surface area contributed by atoms with Gasteiger partial charge in [0, 0.05) is 25.5 Å². The van der Waals surface area contributed by atoms with Gasteiger partial charge in [0.1, 0.15) is 16.5 Å². The summed E-state index contributed by atoms with van der Waals surface area (Å²) >= 11 is 0. The lowest BCUT2D eigenvalue weighted by molar-refractivity contribution is 0.346. The molecule has 1 saturated heterocycles. The minimum atomic E-state index is -3.48. The third-order valence-corrected chi connectivity index (χ3v) is 6.16. The minimum absolute atomic E-state index is 0.194. The van der Waals surface area contributed by atoms with E-state index in [1.807, 2.05) is 6.92 Å². The first-order chi connectivity index (χ1) is 12.0. The van der Waals surface area contributed by atoms with Crippen molar-refractivity contribution < 1.29 is 12.8 Å². The highest BCUT2D eigenvalue weighted by Crippen LogP contribution is 2.22. The third kappa shape index (κ3) is 4.13. The number of hydrogen-bond donors (Lipinski definition) is 1. The van der Waals surface area contributed by atoms with Gasteiger partial charge < -0.3 is 5.32 Å². The molecule has 8 heteroatoms. The number of anilines is 1. The fourth-order valence-electron chi connectivity index (χ4n) is 2.84. The van der Waals surface area contributed by atoms with E-state index in [2.05, 4.69) is 15.3 Å². The van der Waals surface area contributed by atoms with Crippen molar-refractivity contribution in [2.75, 3.05) is 18.4 Å². The van der Waals surface area contributed by atoms with Crippen LogP contribution in [-0.2, 0) is 10.0 Å². The van der Waals surface area contributed by atoms with Crippen LogP contribution in [0.25, 0.3) is 0 Å². The summed E-state index contributed by atoms with van der Waals surface area (Å²) in [6, 6.07) is 4.37. The van der Waals surface area contributed by atoms with E-state index in [9.17, 15) is 12.8 Å². The van der Waals surface area contributed by atoms with Crippen molar-refractivity contribution in [3.8, 4) is 0 Å². The van der Waals surface area contributed by atoms with E-state index in [0.717, 1.165) is 25.5 Å². The molecule has 1 unspecified atom stereocenters. The summed E-state index contributed by atoms with van der Waals surface area (Å²) in [5, 5.41) is 3.12. The van der Waals surface area contributed by atoms with Crippen molar-refractivity contribution in [3.05, 3.63) is 48.2 Å². The molecule has 2 aromatic heterocycles. The zero-order valence-electron chi connectivity index (χ0n) is 14.0. The molecule has 134 valence electrons. The SMILES string of the molecule is CC(Nc1ccc(S(=O)(=O)N2CCCCC2)cn1)c1cncc(F)c1. The first kappa shape index (κ1) is 17.8. The molecule has 3 heterocycles. The van der Waals surface area contributed by atoms with Crippen molar-refractivity contribution in [3.63, 3.8) is 0 Å². The molecule has 3 rings (SSSR count). The normalized spacial score (nSPS) is 17.2. The molecule has 0 aromatic carbocycles. The molecule has 1 N–H and O–H groups in total. The number of rotatable bonds is 5. The minimum Gasteiger partial charge on any atom is -0.363 e. The summed E-state index contributed by atoms with van der Waals surface area (Å²) in [6.07, 6.45) is 6.95. The van der Waals surface area contributed by atoms with Crippen LogP contribution in [0.3, 0.4) is 0 Å². The van der Waals surface area contributed by atoms with Crippen molar-refractivity contribution in [1.82, 2.24) is 14.3 Å². The summed E-state index contributed by atoms with van der Waals surface area (Å²) in [5.74, 6) is 0.122. The summed E-state index contributed by atoms with van der Waals surface area (Å²) in [7, 11) is -3.48. The van der Waals surface area contributed by atoms with Gasteiger partial charge in [0.05, 0.1) is 12.2 Å². The second-order valence-corrected chi connectivity index (χ2v) is 8.08. The summed E-state index contributed by atoms with van der Waals surface area (Å²) in [5.41, 5.74) is 0.687. The summed E-state index contributed by atoms with van der Waals surface area (Å²) in [4.78, 5) is 8.22. The molecule has 1 fully saturated rings. The van der Waals surface area contributed by atoms with Crippen LogP contribution < -0.4 is 5.32 Å². The number of halogens is 1. The van der Waals surface area contributed by atoms with Gasteiger partial charge in [-0.2, -0.15) is 4.31 Å². The van der Waals surface area contributed by atoms with Crippen molar-refractivity contribution >= 4 is 15.8 Å². The molecule has 25 heavy (non-hydrogen) atoms. The Hall–Kier alpha value is -2.06. The zero-order valence-corrected chi connectivity index (χ0v) is 14.8. The summed E-state index contributed by atoms with van der Waals surface area (Å²) < 4.78 is 40.0. The van der Waals surface area contributed by atoms with Gasteiger partial charge >= 0.3 is 0 Å². The molecule has 0 saturated carbocycles. The van der Waals surface area contributed by atoms with Gasteiger partial charge in [-0.05, 0) is 43.5 Å². The monoisotopic (exact) mass is 364 g/mol. The van der Waals surface area contributed by atoms with Crippen LogP contribution in [0, 0.1) is 5.82 Å². The van der Waals surface area contributed by atoms with Crippen LogP contribution in [-0.4, -0.2) is 35.8 Å². The smallest absolute Gasteiger partial charge is 0.244 e. The molecule has 6 nitrogen and oxygen atoms in total. The second-order valence-electron chi connectivity index (χ2n) is 6.15. The Balaban J connectivity index is 1.71. The zero-order chi connectivity index (χ0) is 17.9. The molecule has 0 aliphatic carbocycles. The predicted octanol–water partition coefficient (Wildman–Crippen LogP) is 2.96. The first-order valence-corrected chi connectivity index (χ1v) is 9.74. The van der Waals surface area contributed by atoms with Gasteiger partial charge in [0.2, 0.25) is 10.0 Å². The lowest BCUT2D eigenvalue weighted by Crippen LogP contribution is -2.35. The van der Waals surface area contributed by atoms with E-state index in [1.165, 1.54) is 16.6 Å². The van der Waals surface area contributed by atoms with E-state index >= 15 is 0 Å².